The molecule has 1 atom stereocenters. The van der Waals surface area contributed by atoms with Crippen molar-refractivity contribution in [1.29, 1.82) is 0 Å². The third-order valence-electron chi connectivity index (χ3n) is 3.79. The second kappa shape index (κ2) is 8.16. The average Bonchev–Trinajstić information content (AvgIpc) is 2.59. The summed E-state index contributed by atoms with van der Waals surface area (Å²) in [6.07, 6.45) is 0. The van der Waals surface area contributed by atoms with Crippen LogP contribution in [0.1, 0.15) is 27.7 Å². The van der Waals surface area contributed by atoms with Crippen LogP contribution in [0.5, 0.6) is 0 Å². The second-order valence-corrected chi connectivity index (χ2v) is 7.26. The second-order valence-electron chi connectivity index (χ2n) is 7.26. The maximum atomic E-state index is 13.6. The number of anilines is 3. The van der Waals surface area contributed by atoms with Gasteiger partial charge < -0.3 is 16.0 Å². The lowest BCUT2D eigenvalue weighted by Gasteiger charge is -2.18. The molecule has 0 fully saturated rings. The molecule has 0 aliphatic carbocycles. The highest BCUT2D eigenvalue weighted by Gasteiger charge is 2.21. The van der Waals surface area contributed by atoms with Crippen LogP contribution in [0.3, 0.4) is 0 Å². The summed E-state index contributed by atoms with van der Waals surface area (Å²) < 4.78 is 26.8. The molecule has 2 rings (SSSR count). The van der Waals surface area contributed by atoms with Crippen LogP contribution in [0.15, 0.2) is 42.5 Å². The van der Waals surface area contributed by atoms with Crippen molar-refractivity contribution in [3.63, 3.8) is 0 Å². The van der Waals surface area contributed by atoms with Crippen LogP contribution in [0.2, 0.25) is 0 Å². The van der Waals surface area contributed by atoms with Crippen molar-refractivity contribution in [3.05, 3.63) is 54.1 Å². The van der Waals surface area contributed by atoms with Crippen LogP contribution in [-0.4, -0.2) is 17.9 Å². The first kappa shape index (κ1) is 20.4. The number of carbonyl (C=O) groups is 2. The van der Waals surface area contributed by atoms with Crippen LogP contribution in [-0.2, 0) is 9.59 Å². The smallest absolute Gasteiger partial charge is 0.246 e. The number of rotatable bonds is 5. The van der Waals surface area contributed by atoms with E-state index in [0.717, 1.165) is 18.2 Å². The van der Waals surface area contributed by atoms with E-state index >= 15 is 0 Å². The number of hydrogen-bond donors (Lipinski definition) is 3. The quantitative estimate of drug-likeness (QED) is 0.726. The van der Waals surface area contributed by atoms with E-state index in [0.29, 0.717) is 11.4 Å². The van der Waals surface area contributed by atoms with E-state index in [2.05, 4.69) is 16.0 Å². The minimum Gasteiger partial charge on any atom is -0.374 e. The normalized spacial score (nSPS) is 12.2. The zero-order valence-corrected chi connectivity index (χ0v) is 15.7. The van der Waals surface area contributed by atoms with Crippen molar-refractivity contribution < 1.29 is 18.4 Å². The molecule has 2 aromatic carbocycles. The van der Waals surface area contributed by atoms with Gasteiger partial charge in [0.2, 0.25) is 11.8 Å². The Morgan fingerprint density at radius 2 is 1.52 bits per heavy atom. The lowest BCUT2D eigenvalue weighted by atomic mass is 9.95. The number of benzene rings is 2. The Kier molecular flexibility index (Phi) is 6.15. The van der Waals surface area contributed by atoms with Crippen LogP contribution in [0.25, 0.3) is 0 Å². The molecule has 0 aliphatic rings. The van der Waals surface area contributed by atoms with Crippen molar-refractivity contribution >= 4 is 28.9 Å². The molecule has 0 spiro atoms. The minimum atomic E-state index is -0.712. The lowest BCUT2D eigenvalue weighted by molar-refractivity contribution is -0.123. The van der Waals surface area contributed by atoms with Gasteiger partial charge in [-0.15, -0.1) is 0 Å². The molecular formula is C20H23F2N3O2. The van der Waals surface area contributed by atoms with E-state index in [1.807, 2.05) is 20.8 Å². The van der Waals surface area contributed by atoms with Gasteiger partial charge in [-0.25, -0.2) is 8.78 Å². The van der Waals surface area contributed by atoms with Crippen LogP contribution >= 0.6 is 0 Å². The molecule has 0 saturated heterocycles. The monoisotopic (exact) mass is 375 g/mol. The molecule has 0 radical (unpaired) electrons. The Labute approximate surface area is 157 Å². The van der Waals surface area contributed by atoms with Crippen LogP contribution < -0.4 is 16.0 Å². The first-order valence-corrected chi connectivity index (χ1v) is 8.50. The predicted molar refractivity (Wildman–Crippen MR) is 103 cm³/mol. The Bertz CT molecular complexity index is 830. The summed E-state index contributed by atoms with van der Waals surface area (Å²) >= 11 is 0. The highest BCUT2D eigenvalue weighted by atomic mass is 19.1. The van der Waals surface area contributed by atoms with E-state index in [9.17, 15) is 18.4 Å². The Morgan fingerprint density at radius 3 is 2.11 bits per heavy atom. The van der Waals surface area contributed by atoms with Crippen molar-refractivity contribution in [2.75, 3.05) is 16.0 Å². The van der Waals surface area contributed by atoms with E-state index in [-0.39, 0.29) is 11.6 Å². The van der Waals surface area contributed by atoms with Gasteiger partial charge in [-0.1, -0.05) is 20.8 Å². The summed E-state index contributed by atoms with van der Waals surface area (Å²) in [6, 6.07) is 9.01. The number of nitrogens with one attached hydrogen (secondary N) is 3. The number of hydrogen-bond acceptors (Lipinski definition) is 3. The molecule has 0 aromatic heterocycles. The molecule has 0 bridgehead atoms. The highest BCUT2D eigenvalue weighted by molar-refractivity contribution is 5.96. The summed E-state index contributed by atoms with van der Waals surface area (Å²) in [6.45, 7) is 7.06. The first-order chi connectivity index (χ1) is 12.6. The molecule has 1 unspecified atom stereocenters. The molecular weight excluding hydrogens is 352 g/mol. The SMILES string of the molecule is CC(Nc1ccc(NC(=O)C(C)(C)C)cc1)C(=O)Nc1cc(F)ccc1F. The van der Waals surface area contributed by atoms with Gasteiger partial charge in [0.1, 0.15) is 17.7 Å². The van der Waals surface area contributed by atoms with Gasteiger partial charge >= 0.3 is 0 Å². The average molecular weight is 375 g/mol. The Hall–Kier alpha value is -2.96. The van der Waals surface area contributed by atoms with E-state index in [1.54, 1.807) is 31.2 Å². The molecule has 0 aliphatic heterocycles. The van der Waals surface area contributed by atoms with Gasteiger partial charge in [-0.05, 0) is 43.3 Å². The van der Waals surface area contributed by atoms with Crippen molar-refractivity contribution in [3.8, 4) is 0 Å². The molecule has 27 heavy (non-hydrogen) atoms. The van der Waals surface area contributed by atoms with Crippen LogP contribution in [0, 0.1) is 17.0 Å². The maximum absolute atomic E-state index is 13.6. The van der Waals surface area contributed by atoms with Gasteiger partial charge in [0.25, 0.3) is 0 Å². The maximum Gasteiger partial charge on any atom is 0.246 e. The standard InChI is InChI=1S/C20H23F2N3O2/c1-12(18(26)25-17-11-13(21)5-10-16(17)22)23-14-6-8-15(9-7-14)24-19(27)20(2,3)4/h5-12,23H,1-4H3,(H,24,27)(H,25,26). The van der Waals surface area contributed by atoms with Gasteiger partial charge in [0.15, 0.2) is 0 Å². The zero-order chi connectivity index (χ0) is 20.2. The summed E-state index contributed by atoms with van der Waals surface area (Å²) in [7, 11) is 0. The van der Waals surface area contributed by atoms with Gasteiger partial charge in [-0.2, -0.15) is 0 Å². The molecule has 2 aromatic rings. The van der Waals surface area contributed by atoms with E-state index < -0.39 is 29.0 Å². The zero-order valence-electron chi connectivity index (χ0n) is 15.7. The lowest BCUT2D eigenvalue weighted by Crippen LogP contribution is -2.32. The molecule has 144 valence electrons. The van der Waals surface area contributed by atoms with Gasteiger partial charge in [0.05, 0.1) is 5.69 Å². The van der Waals surface area contributed by atoms with E-state index in [4.69, 9.17) is 0 Å². The minimum absolute atomic E-state index is 0.104. The fourth-order valence-electron chi connectivity index (χ4n) is 2.12. The topological polar surface area (TPSA) is 70.2 Å². The molecule has 3 N–H and O–H groups in total. The summed E-state index contributed by atoms with van der Waals surface area (Å²) in [5.74, 6) is -1.96. The van der Waals surface area contributed by atoms with Crippen molar-refractivity contribution in [2.24, 2.45) is 5.41 Å². The van der Waals surface area contributed by atoms with Gasteiger partial charge in [0, 0.05) is 22.9 Å². The number of carbonyl (C=O) groups excluding carboxylic acids is 2. The molecule has 0 heterocycles. The van der Waals surface area contributed by atoms with Crippen molar-refractivity contribution in [2.45, 2.75) is 33.7 Å². The number of halogens is 2. The number of amides is 2. The van der Waals surface area contributed by atoms with Crippen LogP contribution in [0.4, 0.5) is 25.8 Å². The third kappa shape index (κ3) is 5.77. The summed E-state index contributed by atoms with van der Waals surface area (Å²) in [5, 5.41) is 8.12. The van der Waals surface area contributed by atoms with Gasteiger partial charge in [-0.3, -0.25) is 9.59 Å². The molecule has 7 heteroatoms. The Balaban J connectivity index is 1.97. The molecule has 5 nitrogen and oxygen atoms in total. The van der Waals surface area contributed by atoms with E-state index in [1.165, 1.54) is 0 Å². The third-order valence-corrected chi connectivity index (χ3v) is 3.79. The molecule has 0 saturated carbocycles. The largest absolute Gasteiger partial charge is 0.374 e. The fourth-order valence-corrected chi connectivity index (χ4v) is 2.12. The summed E-state index contributed by atoms with van der Waals surface area (Å²) in [5.41, 5.74) is 0.565. The van der Waals surface area contributed by atoms with Crippen molar-refractivity contribution in [1.82, 2.24) is 0 Å². The predicted octanol–water partition coefficient (Wildman–Crippen LogP) is 4.39. The fraction of sp³-hybridized carbons (Fsp3) is 0.300. The molecule has 2 amide bonds. The Morgan fingerprint density at radius 1 is 0.926 bits per heavy atom. The highest BCUT2D eigenvalue weighted by Crippen LogP contribution is 2.20. The first-order valence-electron chi connectivity index (χ1n) is 8.50. The summed E-state index contributed by atoms with van der Waals surface area (Å²) in [4.78, 5) is 24.2.